The highest BCUT2D eigenvalue weighted by Gasteiger charge is 2.31. The minimum absolute atomic E-state index is 0.0190. The second kappa shape index (κ2) is 5.68. The first-order chi connectivity index (χ1) is 8.52. The number of halogens is 2. The van der Waals surface area contributed by atoms with Gasteiger partial charge in [-0.3, -0.25) is 0 Å². The maximum absolute atomic E-state index is 6.18. The number of nitrogens with one attached hydrogen (secondary N) is 1. The van der Waals surface area contributed by atoms with Crippen molar-refractivity contribution in [3.63, 3.8) is 0 Å². The molecule has 1 aliphatic heterocycles. The van der Waals surface area contributed by atoms with Crippen molar-refractivity contribution in [2.75, 3.05) is 11.9 Å². The van der Waals surface area contributed by atoms with Crippen LogP contribution >= 0.6 is 23.2 Å². The highest BCUT2D eigenvalue weighted by Crippen LogP contribution is 2.32. The molecule has 1 aromatic carbocycles. The Hall–Kier alpha value is -0.440. The molecule has 1 heterocycles. The van der Waals surface area contributed by atoms with Gasteiger partial charge < -0.3 is 10.1 Å². The molecular weight excluding hydrogens is 269 g/mol. The van der Waals surface area contributed by atoms with Crippen LogP contribution in [0.1, 0.15) is 33.1 Å². The summed E-state index contributed by atoms with van der Waals surface area (Å²) in [6, 6.07) is 5.96. The topological polar surface area (TPSA) is 21.3 Å². The van der Waals surface area contributed by atoms with Crippen molar-refractivity contribution in [3.05, 3.63) is 28.2 Å². The lowest BCUT2D eigenvalue weighted by Crippen LogP contribution is -2.41. The quantitative estimate of drug-likeness (QED) is 0.866. The molecule has 2 atom stereocenters. The molecule has 1 fully saturated rings. The summed E-state index contributed by atoms with van der Waals surface area (Å²) in [5.74, 6) is 0. The van der Waals surface area contributed by atoms with E-state index in [9.17, 15) is 0 Å². The monoisotopic (exact) mass is 287 g/mol. The van der Waals surface area contributed by atoms with Crippen molar-refractivity contribution in [1.82, 2.24) is 0 Å². The Balaban J connectivity index is 2.05. The average molecular weight is 288 g/mol. The summed E-state index contributed by atoms with van der Waals surface area (Å²) < 4.78 is 5.84. The molecule has 2 nitrogen and oxygen atoms in total. The van der Waals surface area contributed by atoms with E-state index >= 15 is 0 Å². The number of ether oxygens (including phenoxy) is 1. The standard InChI is InChI=1S/C14H19Cl2NO/c1-3-14(2)9-11(6-7-18-14)17-13-5-4-10(15)8-12(13)16/h4-5,8,11,17H,3,6-7,9H2,1-2H3. The van der Waals surface area contributed by atoms with Gasteiger partial charge in [-0.1, -0.05) is 30.1 Å². The zero-order chi connectivity index (χ0) is 13.2. The zero-order valence-electron chi connectivity index (χ0n) is 10.8. The predicted molar refractivity (Wildman–Crippen MR) is 77.8 cm³/mol. The molecule has 18 heavy (non-hydrogen) atoms. The zero-order valence-corrected chi connectivity index (χ0v) is 12.3. The summed E-state index contributed by atoms with van der Waals surface area (Å²) >= 11 is 12.1. The van der Waals surface area contributed by atoms with Crippen LogP contribution in [0, 0.1) is 0 Å². The second-order valence-corrected chi connectivity index (χ2v) is 5.95. The Morgan fingerprint density at radius 2 is 2.22 bits per heavy atom. The minimum atomic E-state index is -0.0190. The largest absolute Gasteiger partial charge is 0.381 e. The molecule has 0 spiro atoms. The van der Waals surface area contributed by atoms with Gasteiger partial charge in [0.05, 0.1) is 16.3 Å². The van der Waals surface area contributed by atoms with Crippen LogP contribution in [-0.2, 0) is 4.74 Å². The van der Waals surface area contributed by atoms with Crippen LogP contribution in [0.4, 0.5) is 5.69 Å². The summed E-state index contributed by atoms with van der Waals surface area (Å²) in [4.78, 5) is 0. The molecule has 1 aliphatic rings. The normalized spacial score (nSPS) is 28.1. The van der Waals surface area contributed by atoms with Crippen LogP contribution < -0.4 is 5.32 Å². The van der Waals surface area contributed by atoms with Gasteiger partial charge in [0.25, 0.3) is 0 Å². The molecule has 0 saturated carbocycles. The third-order valence-corrected chi connectivity index (χ3v) is 4.18. The third kappa shape index (κ3) is 3.31. The van der Waals surface area contributed by atoms with E-state index in [1.807, 2.05) is 12.1 Å². The summed E-state index contributed by atoms with van der Waals surface area (Å²) in [5, 5.41) is 4.83. The summed E-state index contributed by atoms with van der Waals surface area (Å²) in [6.45, 7) is 5.13. The Morgan fingerprint density at radius 1 is 1.44 bits per heavy atom. The smallest absolute Gasteiger partial charge is 0.0671 e. The Kier molecular flexibility index (Phi) is 4.41. The maximum Gasteiger partial charge on any atom is 0.0671 e. The van der Waals surface area contributed by atoms with Crippen LogP contribution in [0.5, 0.6) is 0 Å². The van der Waals surface area contributed by atoms with Crippen LogP contribution in [0.3, 0.4) is 0 Å². The van der Waals surface area contributed by atoms with E-state index in [1.165, 1.54) is 0 Å². The second-order valence-electron chi connectivity index (χ2n) is 5.11. The van der Waals surface area contributed by atoms with E-state index in [1.54, 1.807) is 6.07 Å². The molecule has 1 saturated heterocycles. The lowest BCUT2D eigenvalue weighted by atomic mass is 9.90. The first kappa shape index (κ1) is 14.0. The first-order valence-corrected chi connectivity index (χ1v) is 7.13. The lowest BCUT2D eigenvalue weighted by Gasteiger charge is -2.38. The number of hydrogen-bond acceptors (Lipinski definition) is 2. The van der Waals surface area contributed by atoms with Gasteiger partial charge in [-0.25, -0.2) is 0 Å². The van der Waals surface area contributed by atoms with Crippen LogP contribution in [0.15, 0.2) is 18.2 Å². The lowest BCUT2D eigenvalue weighted by molar-refractivity contribution is -0.0708. The van der Waals surface area contributed by atoms with E-state index in [0.29, 0.717) is 16.1 Å². The Morgan fingerprint density at radius 3 is 2.89 bits per heavy atom. The molecule has 0 bridgehead atoms. The molecule has 4 heteroatoms. The molecule has 100 valence electrons. The number of anilines is 1. The fraction of sp³-hybridized carbons (Fsp3) is 0.571. The van der Waals surface area contributed by atoms with Crippen molar-refractivity contribution in [2.45, 2.75) is 44.8 Å². The highest BCUT2D eigenvalue weighted by atomic mass is 35.5. The van der Waals surface area contributed by atoms with Crippen molar-refractivity contribution < 1.29 is 4.74 Å². The van der Waals surface area contributed by atoms with Gasteiger partial charge in [0.2, 0.25) is 0 Å². The number of hydrogen-bond donors (Lipinski definition) is 1. The molecular formula is C14H19Cl2NO. The van der Waals surface area contributed by atoms with Crippen molar-refractivity contribution in [1.29, 1.82) is 0 Å². The number of rotatable bonds is 3. The van der Waals surface area contributed by atoms with Gasteiger partial charge >= 0.3 is 0 Å². The van der Waals surface area contributed by atoms with E-state index in [-0.39, 0.29) is 5.60 Å². The first-order valence-electron chi connectivity index (χ1n) is 6.38. The average Bonchev–Trinajstić information content (AvgIpc) is 2.33. The van der Waals surface area contributed by atoms with Gasteiger partial charge in [0.15, 0.2) is 0 Å². The van der Waals surface area contributed by atoms with E-state index < -0.39 is 0 Å². The molecule has 2 unspecified atom stereocenters. The summed E-state index contributed by atoms with van der Waals surface area (Å²) in [6.07, 6.45) is 3.04. The summed E-state index contributed by atoms with van der Waals surface area (Å²) in [5.41, 5.74) is 0.931. The van der Waals surface area contributed by atoms with Crippen molar-refractivity contribution >= 4 is 28.9 Å². The van der Waals surface area contributed by atoms with Crippen LogP contribution in [0.2, 0.25) is 10.0 Å². The molecule has 1 N–H and O–H groups in total. The van der Waals surface area contributed by atoms with Gasteiger partial charge in [-0.15, -0.1) is 0 Å². The fourth-order valence-electron chi connectivity index (χ4n) is 2.33. The van der Waals surface area contributed by atoms with Crippen LogP contribution in [-0.4, -0.2) is 18.2 Å². The highest BCUT2D eigenvalue weighted by molar-refractivity contribution is 6.36. The van der Waals surface area contributed by atoms with Crippen molar-refractivity contribution in [3.8, 4) is 0 Å². The predicted octanol–water partition coefficient (Wildman–Crippen LogP) is 4.75. The van der Waals surface area contributed by atoms with Crippen LogP contribution in [0.25, 0.3) is 0 Å². The molecule has 0 aromatic heterocycles. The maximum atomic E-state index is 6.18. The Labute approximate surface area is 119 Å². The van der Waals surface area contributed by atoms with E-state index in [4.69, 9.17) is 27.9 Å². The van der Waals surface area contributed by atoms with Gasteiger partial charge in [-0.2, -0.15) is 0 Å². The Bertz CT molecular complexity index is 424. The van der Waals surface area contributed by atoms with E-state index in [0.717, 1.165) is 31.6 Å². The molecule has 2 rings (SSSR count). The molecule has 0 amide bonds. The number of benzene rings is 1. The van der Waals surface area contributed by atoms with Gasteiger partial charge in [0, 0.05) is 17.7 Å². The minimum Gasteiger partial charge on any atom is -0.381 e. The molecule has 1 aromatic rings. The summed E-state index contributed by atoms with van der Waals surface area (Å²) in [7, 11) is 0. The molecule has 0 radical (unpaired) electrons. The SMILES string of the molecule is CCC1(C)CC(Nc2ccc(Cl)cc2Cl)CCO1. The van der Waals surface area contributed by atoms with E-state index in [2.05, 4.69) is 19.2 Å². The van der Waals surface area contributed by atoms with Gasteiger partial charge in [-0.05, 0) is 44.4 Å². The fourth-order valence-corrected chi connectivity index (χ4v) is 2.79. The molecule has 0 aliphatic carbocycles. The van der Waals surface area contributed by atoms with Crippen molar-refractivity contribution in [2.24, 2.45) is 0 Å². The van der Waals surface area contributed by atoms with Gasteiger partial charge in [0.1, 0.15) is 0 Å². The third-order valence-electron chi connectivity index (χ3n) is 3.63.